The number of halogens is 1. The molecule has 0 aliphatic rings. The van der Waals surface area contributed by atoms with E-state index in [4.69, 9.17) is 4.74 Å². The number of rotatable bonds is 3. The third-order valence-electron chi connectivity index (χ3n) is 2.42. The second-order valence-electron chi connectivity index (χ2n) is 3.61. The van der Waals surface area contributed by atoms with Gasteiger partial charge in [-0.3, -0.25) is 9.20 Å². The van der Waals surface area contributed by atoms with Gasteiger partial charge in [0.15, 0.2) is 11.5 Å². The summed E-state index contributed by atoms with van der Waals surface area (Å²) in [6, 6.07) is 3.71. The number of ether oxygens (including phenoxy) is 1. The van der Waals surface area contributed by atoms with E-state index >= 15 is 0 Å². The molecule has 0 bridgehead atoms. The molecule has 2 heterocycles. The fourth-order valence-corrected chi connectivity index (χ4v) is 1.89. The minimum absolute atomic E-state index is 0.290. The number of aromatic nitrogens is 3. The molecule has 17 heavy (non-hydrogen) atoms. The van der Waals surface area contributed by atoms with E-state index in [-0.39, 0.29) is 5.97 Å². The van der Waals surface area contributed by atoms with Crippen molar-refractivity contribution in [2.24, 2.45) is 0 Å². The van der Waals surface area contributed by atoms with Crippen LogP contribution in [0.5, 0.6) is 0 Å². The average molecular weight is 298 g/mol. The Morgan fingerprint density at radius 2 is 2.29 bits per heavy atom. The Morgan fingerprint density at radius 1 is 1.53 bits per heavy atom. The van der Waals surface area contributed by atoms with Gasteiger partial charge in [-0.25, -0.2) is 0 Å². The van der Waals surface area contributed by atoms with Gasteiger partial charge in [-0.05, 0) is 41.9 Å². The molecular weight excluding hydrogens is 286 g/mol. The van der Waals surface area contributed by atoms with Gasteiger partial charge in [-0.2, -0.15) is 0 Å². The summed E-state index contributed by atoms with van der Waals surface area (Å²) in [6.07, 6.45) is 1.83. The number of esters is 1. The molecule has 0 amide bonds. The van der Waals surface area contributed by atoms with E-state index in [1.54, 1.807) is 18.2 Å². The molecule has 0 N–H and O–H groups in total. The van der Waals surface area contributed by atoms with Crippen LogP contribution in [-0.2, 0) is 9.53 Å². The van der Waals surface area contributed by atoms with Crippen LogP contribution in [0.4, 0.5) is 0 Å². The first-order chi connectivity index (χ1) is 8.13. The summed E-state index contributed by atoms with van der Waals surface area (Å²) in [5.74, 6) is -0.138. The maximum absolute atomic E-state index is 11.7. The van der Waals surface area contributed by atoms with E-state index in [0.29, 0.717) is 18.1 Å². The van der Waals surface area contributed by atoms with Crippen molar-refractivity contribution < 1.29 is 9.53 Å². The van der Waals surface area contributed by atoms with Gasteiger partial charge in [0.1, 0.15) is 5.92 Å². The lowest BCUT2D eigenvalue weighted by atomic mass is 10.2. The first-order valence-electron chi connectivity index (χ1n) is 5.30. The fraction of sp³-hybridized carbons (Fsp3) is 0.364. The standard InChI is InChI=1S/C11H12BrN3O2/c1-3-17-11(16)7(2)10-14-13-9-5-4-8(12)6-15(9)10/h4-7H,3H2,1-2H3. The molecule has 0 aromatic carbocycles. The number of fused-ring (bicyclic) bond motifs is 1. The Bertz CT molecular complexity index is 553. The molecule has 0 radical (unpaired) electrons. The molecule has 2 aromatic rings. The highest BCUT2D eigenvalue weighted by Gasteiger charge is 2.22. The first kappa shape index (κ1) is 12.0. The SMILES string of the molecule is CCOC(=O)C(C)c1nnc2ccc(Br)cn12. The zero-order chi connectivity index (χ0) is 12.4. The van der Waals surface area contributed by atoms with Crippen LogP contribution in [-0.4, -0.2) is 27.2 Å². The van der Waals surface area contributed by atoms with E-state index in [0.717, 1.165) is 4.47 Å². The topological polar surface area (TPSA) is 56.5 Å². The monoisotopic (exact) mass is 297 g/mol. The predicted octanol–water partition coefficient (Wildman–Crippen LogP) is 2.16. The maximum atomic E-state index is 11.7. The van der Waals surface area contributed by atoms with Gasteiger partial charge in [0.05, 0.1) is 6.61 Å². The van der Waals surface area contributed by atoms with Gasteiger partial charge in [-0.1, -0.05) is 0 Å². The van der Waals surface area contributed by atoms with Crippen molar-refractivity contribution in [1.82, 2.24) is 14.6 Å². The molecule has 90 valence electrons. The number of hydrogen-bond donors (Lipinski definition) is 0. The summed E-state index contributed by atoms with van der Waals surface area (Å²) < 4.78 is 7.66. The lowest BCUT2D eigenvalue weighted by Crippen LogP contribution is -2.15. The van der Waals surface area contributed by atoms with Crippen molar-refractivity contribution in [3.63, 3.8) is 0 Å². The van der Waals surface area contributed by atoms with Crippen LogP contribution in [0.25, 0.3) is 5.65 Å². The third kappa shape index (κ3) is 2.31. The van der Waals surface area contributed by atoms with Crippen molar-refractivity contribution in [3.8, 4) is 0 Å². The normalized spacial score (nSPS) is 12.6. The van der Waals surface area contributed by atoms with Gasteiger partial charge in [0.25, 0.3) is 0 Å². The minimum Gasteiger partial charge on any atom is -0.465 e. The predicted molar refractivity (Wildman–Crippen MR) is 65.7 cm³/mol. The molecule has 0 aliphatic carbocycles. The number of hydrogen-bond acceptors (Lipinski definition) is 4. The molecule has 0 fully saturated rings. The van der Waals surface area contributed by atoms with Crippen LogP contribution in [0, 0.1) is 0 Å². The van der Waals surface area contributed by atoms with Crippen molar-refractivity contribution in [1.29, 1.82) is 0 Å². The molecule has 2 rings (SSSR count). The zero-order valence-electron chi connectivity index (χ0n) is 9.55. The molecule has 0 saturated carbocycles. The van der Waals surface area contributed by atoms with Crippen LogP contribution < -0.4 is 0 Å². The molecule has 0 aliphatic heterocycles. The van der Waals surface area contributed by atoms with Crippen LogP contribution >= 0.6 is 15.9 Å². The van der Waals surface area contributed by atoms with Crippen molar-refractivity contribution >= 4 is 27.5 Å². The van der Waals surface area contributed by atoms with E-state index in [2.05, 4.69) is 26.1 Å². The Balaban J connectivity index is 2.41. The summed E-state index contributed by atoms with van der Waals surface area (Å²) in [5.41, 5.74) is 0.708. The lowest BCUT2D eigenvalue weighted by Gasteiger charge is -2.08. The van der Waals surface area contributed by atoms with Gasteiger partial charge >= 0.3 is 5.97 Å². The lowest BCUT2D eigenvalue weighted by molar-refractivity contribution is -0.144. The molecule has 2 aromatic heterocycles. The van der Waals surface area contributed by atoms with Gasteiger partial charge in [-0.15, -0.1) is 10.2 Å². The van der Waals surface area contributed by atoms with E-state index in [9.17, 15) is 4.79 Å². The molecule has 1 atom stereocenters. The summed E-state index contributed by atoms with van der Waals surface area (Å²) in [7, 11) is 0. The first-order valence-corrected chi connectivity index (χ1v) is 6.09. The van der Waals surface area contributed by atoms with Crippen LogP contribution in [0.1, 0.15) is 25.6 Å². The van der Waals surface area contributed by atoms with Crippen molar-refractivity contribution in [2.45, 2.75) is 19.8 Å². The van der Waals surface area contributed by atoms with E-state index in [1.165, 1.54) is 0 Å². The summed E-state index contributed by atoms with van der Waals surface area (Å²) in [4.78, 5) is 11.7. The van der Waals surface area contributed by atoms with E-state index in [1.807, 2.05) is 18.3 Å². The quantitative estimate of drug-likeness (QED) is 0.815. The number of carbonyl (C=O) groups is 1. The highest BCUT2D eigenvalue weighted by molar-refractivity contribution is 9.10. The van der Waals surface area contributed by atoms with Gasteiger partial charge in [0.2, 0.25) is 0 Å². The molecule has 5 nitrogen and oxygen atoms in total. The Morgan fingerprint density at radius 3 is 3.00 bits per heavy atom. The van der Waals surface area contributed by atoms with Gasteiger partial charge in [0, 0.05) is 10.7 Å². The Labute approximate surface area is 107 Å². The minimum atomic E-state index is -0.431. The Kier molecular flexibility index (Phi) is 3.42. The second kappa shape index (κ2) is 4.83. The smallest absolute Gasteiger partial charge is 0.316 e. The van der Waals surface area contributed by atoms with E-state index < -0.39 is 5.92 Å². The number of carbonyl (C=O) groups excluding carboxylic acids is 1. The highest BCUT2D eigenvalue weighted by Crippen LogP contribution is 2.18. The third-order valence-corrected chi connectivity index (χ3v) is 2.89. The second-order valence-corrected chi connectivity index (χ2v) is 4.52. The van der Waals surface area contributed by atoms with Crippen LogP contribution in [0.2, 0.25) is 0 Å². The molecular formula is C11H12BrN3O2. The summed E-state index contributed by atoms with van der Waals surface area (Å²) in [6.45, 7) is 3.90. The molecule has 0 spiro atoms. The summed E-state index contributed by atoms with van der Waals surface area (Å²) in [5, 5.41) is 8.04. The largest absolute Gasteiger partial charge is 0.465 e. The van der Waals surface area contributed by atoms with Crippen molar-refractivity contribution in [2.75, 3.05) is 6.61 Å². The maximum Gasteiger partial charge on any atom is 0.316 e. The zero-order valence-corrected chi connectivity index (χ0v) is 11.1. The number of pyridine rings is 1. The Hall–Kier alpha value is -1.43. The molecule has 0 saturated heterocycles. The molecule has 6 heteroatoms. The van der Waals surface area contributed by atoms with Gasteiger partial charge < -0.3 is 4.74 Å². The highest BCUT2D eigenvalue weighted by atomic mass is 79.9. The van der Waals surface area contributed by atoms with Crippen LogP contribution in [0.15, 0.2) is 22.8 Å². The number of nitrogens with zero attached hydrogens (tertiary/aromatic N) is 3. The average Bonchev–Trinajstić information content (AvgIpc) is 2.71. The summed E-state index contributed by atoms with van der Waals surface area (Å²) >= 11 is 3.38. The van der Waals surface area contributed by atoms with Crippen LogP contribution in [0.3, 0.4) is 0 Å². The molecule has 1 unspecified atom stereocenters. The van der Waals surface area contributed by atoms with Crippen molar-refractivity contribution in [3.05, 3.63) is 28.6 Å². The fourth-order valence-electron chi connectivity index (χ4n) is 1.55.